The lowest BCUT2D eigenvalue weighted by atomic mass is 9.92. The van der Waals surface area contributed by atoms with Crippen LogP contribution in [0.3, 0.4) is 0 Å². The van der Waals surface area contributed by atoms with Crippen LogP contribution >= 0.6 is 0 Å². The summed E-state index contributed by atoms with van der Waals surface area (Å²) < 4.78 is 9.39. The Morgan fingerprint density at radius 1 is 1.17 bits per heavy atom. The second-order valence-corrected chi connectivity index (χ2v) is 5.32. The zero-order valence-corrected chi connectivity index (χ0v) is 13.8. The fraction of sp³-hybridized carbons (Fsp3) is 0.278. The Bertz CT molecular complexity index is 720. The first kappa shape index (κ1) is 17.5. The first-order chi connectivity index (χ1) is 11.5. The molecule has 0 spiro atoms. The quantitative estimate of drug-likeness (QED) is 0.609. The Morgan fingerprint density at radius 2 is 1.88 bits per heavy atom. The van der Waals surface area contributed by atoms with Crippen LogP contribution in [-0.4, -0.2) is 36.8 Å². The summed E-state index contributed by atoms with van der Waals surface area (Å²) in [7, 11) is 2.46. The standard InChI is InChI=1S/C18H19NO5/c1-12(20)10-15-14-7-5-4-6-13(14)8-9-19(15)16(18(22)24-3)11-17(21)23-2/h4-9,11,15H,10H2,1-3H3/b16-11-/t15-/m1/s1. The number of fused-ring (bicyclic) bond motifs is 1. The molecule has 1 heterocycles. The molecule has 0 aromatic heterocycles. The van der Waals surface area contributed by atoms with Crippen molar-refractivity contribution in [3.05, 3.63) is 53.4 Å². The van der Waals surface area contributed by atoms with E-state index in [1.165, 1.54) is 21.1 Å². The van der Waals surface area contributed by atoms with E-state index in [0.717, 1.165) is 17.2 Å². The Hall–Kier alpha value is -2.89. The average molecular weight is 329 g/mol. The molecule has 1 aromatic rings. The Morgan fingerprint density at radius 3 is 2.50 bits per heavy atom. The highest BCUT2D eigenvalue weighted by Crippen LogP contribution is 2.35. The molecule has 0 bridgehead atoms. The van der Waals surface area contributed by atoms with Crippen LogP contribution in [0, 0.1) is 0 Å². The molecule has 0 fully saturated rings. The van der Waals surface area contributed by atoms with Crippen molar-refractivity contribution in [2.75, 3.05) is 14.2 Å². The van der Waals surface area contributed by atoms with Crippen molar-refractivity contribution in [2.45, 2.75) is 19.4 Å². The van der Waals surface area contributed by atoms with E-state index in [4.69, 9.17) is 4.74 Å². The zero-order valence-electron chi connectivity index (χ0n) is 13.8. The first-order valence-electron chi connectivity index (χ1n) is 7.40. The highest BCUT2D eigenvalue weighted by atomic mass is 16.5. The van der Waals surface area contributed by atoms with E-state index < -0.39 is 18.0 Å². The van der Waals surface area contributed by atoms with Gasteiger partial charge in [-0.1, -0.05) is 24.3 Å². The van der Waals surface area contributed by atoms with Crippen LogP contribution in [0.4, 0.5) is 0 Å². The Balaban J connectivity index is 2.52. The van der Waals surface area contributed by atoms with E-state index in [0.29, 0.717) is 0 Å². The fourth-order valence-corrected chi connectivity index (χ4v) is 2.62. The number of methoxy groups -OCH3 is 2. The lowest BCUT2D eigenvalue weighted by Gasteiger charge is -2.34. The maximum absolute atomic E-state index is 12.1. The third kappa shape index (κ3) is 3.71. The third-order valence-electron chi connectivity index (χ3n) is 3.71. The van der Waals surface area contributed by atoms with Crippen molar-refractivity contribution in [1.82, 2.24) is 4.90 Å². The summed E-state index contributed by atoms with van der Waals surface area (Å²) in [5.74, 6) is -1.39. The molecule has 1 aromatic carbocycles. The van der Waals surface area contributed by atoms with E-state index in [1.807, 2.05) is 30.3 Å². The van der Waals surface area contributed by atoms with Gasteiger partial charge in [0.15, 0.2) is 0 Å². The summed E-state index contributed by atoms with van der Waals surface area (Å²) in [5, 5.41) is 0. The molecule has 1 aliphatic rings. The Kier molecular flexibility index (Phi) is 5.52. The van der Waals surface area contributed by atoms with E-state index in [1.54, 1.807) is 11.1 Å². The van der Waals surface area contributed by atoms with Gasteiger partial charge in [0.05, 0.1) is 26.3 Å². The van der Waals surface area contributed by atoms with Gasteiger partial charge in [-0.3, -0.25) is 4.79 Å². The molecular weight excluding hydrogens is 310 g/mol. The van der Waals surface area contributed by atoms with Crippen LogP contribution in [0.25, 0.3) is 6.08 Å². The summed E-state index contributed by atoms with van der Waals surface area (Å²) in [6.07, 6.45) is 4.75. The minimum absolute atomic E-state index is 0.0151. The largest absolute Gasteiger partial charge is 0.466 e. The minimum Gasteiger partial charge on any atom is -0.466 e. The summed E-state index contributed by atoms with van der Waals surface area (Å²) >= 11 is 0. The number of nitrogens with zero attached hydrogens (tertiary/aromatic N) is 1. The highest BCUT2D eigenvalue weighted by Gasteiger charge is 2.30. The summed E-state index contributed by atoms with van der Waals surface area (Å²) in [6, 6.07) is 7.18. The van der Waals surface area contributed by atoms with E-state index in [9.17, 15) is 14.4 Å². The van der Waals surface area contributed by atoms with Crippen LogP contribution in [0.1, 0.15) is 30.5 Å². The van der Waals surface area contributed by atoms with Gasteiger partial charge in [0.1, 0.15) is 11.5 Å². The topological polar surface area (TPSA) is 72.9 Å². The molecular formula is C18H19NO5. The molecule has 1 aliphatic heterocycles. The molecule has 126 valence electrons. The third-order valence-corrected chi connectivity index (χ3v) is 3.71. The number of ether oxygens (including phenoxy) is 2. The van der Waals surface area contributed by atoms with Gasteiger partial charge in [0.25, 0.3) is 0 Å². The van der Waals surface area contributed by atoms with Gasteiger partial charge in [-0.25, -0.2) is 9.59 Å². The summed E-state index contributed by atoms with van der Waals surface area (Å²) in [6.45, 7) is 1.49. The highest BCUT2D eigenvalue weighted by molar-refractivity contribution is 5.96. The molecule has 0 unspecified atom stereocenters. The maximum Gasteiger partial charge on any atom is 0.354 e. The van der Waals surface area contributed by atoms with Crippen molar-refractivity contribution in [3.8, 4) is 0 Å². The lowest BCUT2D eigenvalue weighted by molar-refractivity contribution is -0.140. The number of benzene rings is 1. The second kappa shape index (κ2) is 7.59. The molecule has 24 heavy (non-hydrogen) atoms. The minimum atomic E-state index is -0.682. The summed E-state index contributed by atoms with van der Waals surface area (Å²) in [4.78, 5) is 37.1. The van der Waals surface area contributed by atoms with Gasteiger partial charge in [0.2, 0.25) is 0 Å². The van der Waals surface area contributed by atoms with Crippen molar-refractivity contribution < 1.29 is 23.9 Å². The van der Waals surface area contributed by atoms with Gasteiger partial charge in [0, 0.05) is 12.6 Å². The van der Waals surface area contributed by atoms with E-state index in [-0.39, 0.29) is 17.9 Å². The number of hydrogen-bond acceptors (Lipinski definition) is 6. The van der Waals surface area contributed by atoms with Crippen LogP contribution in [0.5, 0.6) is 0 Å². The molecule has 0 saturated carbocycles. The smallest absolute Gasteiger partial charge is 0.354 e. The van der Waals surface area contributed by atoms with Crippen LogP contribution in [0.2, 0.25) is 0 Å². The first-order valence-corrected chi connectivity index (χ1v) is 7.40. The molecule has 0 radical (unpaired) electrons. The molecule has 0 aliphatic carbocycles. The van der Waals surface area contributed by atoms with Crippen molar-refractivity contribution in [1.29, 1.82) is 0 Å². The lowest BCUT2D eigenvalue weighted by Crippen LogP contribution is -2.32. The van der Waals surface area contributed by atoms with E-state index in [2.05, 4.69) is 4.74 Å². The number of hydrogen-bond donors (Lipinski definition) is 0. The van der Waals surface area contributed by atoms with Crippen molar-refractivity contribution >= 4 is 23.8 Å². The van der Waals surface area contributed by atoms with Gasteiger partial charge in [-0.2, -0.15) is 0 Å². The molecule has 0 saturated heterocycles. The van der Waals surface area contributed by atoms with Gasteiger partial charge >= 0.3 is 11.9 Å². The number of carbonyl (C=O) groups excluding carboxylic acids is 3. The molecule has 0 amide bonds. The van der Waals surface area contributed by atoms with Crippen LogP contribution < -0.4 is 0 Å². The van der Waals surface area contributed by atoms with Crippen LogP contribution in [0.15, 0.2) is 42.2 Å². The van der Waals surface area contributed by atoms with Gasteiger partial charge in [-0.05, 0) is 24.1 Å². The zero-order chi connectivity index (χ0) is 17.7. The fourth-order valence-electron chi connectivity index (χ4n) is 2.62. The van der Waals surface area contributed by atoms with Crippen molar-refractivity contribution in [3.63, 3.8) is 0 Å². The predicted octanol–water partition coefficient (Wildman–Crippen LogP) is 2.22. The molecule has 6 heteroatoms. The van der Waals surface area contributed by atoms with Crippen LogP contribution in [-0.2, 0) is 23.9 Å². The van der Waals surface area contributed by atoms with Gasteiger partial charge < -0.3 is 14.4 Å². The number of Topliss-reactive ketones (excluding diaryl/α,β-unsaturated/α-hetero) is 1. The molecule has 0 N–H and O–H groups in total. The monoisotopic (exact) mass is 329 g/mol. The SMILES string of the molecule is COC(=O)/C=C(/C(=O)OC)N1C=Cc2ccccc2[C@H]1CC(C)=O. The average Bonchev–Trinajstić information content (AvgIpc) is 2.59. The predicted molar refractivity (Wildman–Crippen MR) is 87.5 cm³/mol. The van der Waals surface area contributed by atoms with Gasteiger partial charge in [-0.15, -0.1) is 0 Å². The number of ketones is 1. The molecule has 1 atom stereocenters. The summed E-state index contributed by atoms with van der Waals surface area (Å²) in [5.41, 5.74) is 1.87. The number of rotatable bonds is 5. The molecule has 6 nitrogen and oxygen atoms in total. The normalized spacial score (nSPS) is 16.4. The number of esters is 2. The van der Waals surface area contributed by atoms with E-state index >= 15 is 0 Å². The second-order valence-electron chi connectivity index (χ2n) is 5.32. The van der Waals surface area contributed by atoms with Crippen molar-refractivity contribution in [2.24, 2.45) is 0 Å². The maximum atomic E-state index is 12.1. The molecule has 2 rings (SSSR count). The Labute approximate surface area is 140 Å². The number of carbonyl (C=O) groups is 3.